The van der Waals surface area contributed by atoms with Gasteiger partial charge in [0.2, 0.25) is 0 Å². The van der Waals surface area contributed by atoms with Gasteiger partial charge < -0.3 is 18.6 Å². The third-order valence-corrected chi connectivity index (χ3v) is 12.3. The molecule has 6 atom stereocenters. The quantitative estimate of drug-likeness (QED) is 0.177. The molecule has 0 amide bonds. The molecular weight excluding hydrogens is 392 g/mol. The lowest BCUT2D eigenvalue weighted by atomic mass is 9.99. The third-order valence-electron chi connectivity index (χ3n) is 7.50. The van der Waals surface area contributed by atoms with Crippen molar-refractivity contribution >= 4 is 8.32 Å². The molecule has 3 heterocycles. The van der Waals surface area contributed by atoms with E-state index in [1.807, 2.05) is 0 Å². The highest BCUT2D eigenvalue weighted by Crippen LogP contribution is 2.42. The largest absolute Gasteiger partial charge is 0.420 e. The maximum Gasteiger partial charge on any atom is 0.193 e. The minimum atomic E-state index is -1.85. The summed E-state index contributed by atoms with van der Waals surface area (Å²) in [5.41, 5.74) is 0. The van der Waals surface area contributed by atoms with Crippen molar-refractivity contribution in [3.63, 3.8) is 0 Å². The van der Waals surface area contributed by atoms with Gasteiger partial charge in [0.25, 0.3) is 0 Å². The van der Waals surface area contributed by atoms with Gasteiger partial charge in [0.1, 0.15) is 0 Å². The van der Waals surface area contributed by atoms with Crippen LogP contribution in [0.15, 0.2) is 0 Å². The molecule has 0 spiro atoms. The molecule has 30 heavy (non-hydrogen) atoms. The molecule has 0 bridgehead atoms. The Morgan fingerprint density at radius 1 is 0.667 bits per heavy atom. The molecule has 3 aliphatic rings. The summed E-state index contributed by atoms with van der Waals surface area (Å²) in [5.74, 6) is 2.31. The first-order valence-corrected chi connectivity index (χ1v) is 15.5. The molecule has 4 nitrogen and oxygen atoms in total. The summed E-state index contributed by atoms with van der Waals surface area (Å²) < 4.78 is 23.6. The summed E-state index contributed by atoms with van der Waals surface area (Å²) in [7, 11) is 0.197. The maximum absolute atomic E-state index is 6.69. The SMILES string of the molecule is CCCC(CC1CO1)C[Si](CC(CCC)CC1CO1)(CC(CCC)CC1CO1)OC. The van der Waals surface area contributed by atoms with Gasteiger partial charge in [-0.05, 0) is 55.1 Å². The Balaban J connectivity index is 1.72. The molecule has 0 aromatic carbocycles. The van der Waals surface area contributed by atoms with Crippen LogP contribution in [0.5, 0.6) is 0 Å². The Morgan fingerprint density at radius 3 is 1.17 bits per heavy atom. The van der Waals surface area contributed by atoms with Crippen LogP contribution in [0.25, 0.3) is 0 Å². The predicted molar refractivity (Wildman–Crippen MR) is 125 cm³/mol. The molecule has 0 saturated carbocycles. The molecule has 3 fully saturated rings. The van der Waals surface area contributed by atoms with Crippen molar-refractivity contribution in [3.8, 4) is 0 Å². The van der Waals surface area contributed by atoms with Crippen molar-refractivity contribution in [1.29, 1.82) is 0 Å². The summed E-state index contributed by atoms with van der Waals surface area (Å²) in [4.78, 5) is 0. The first kappa shape index (κ1) is 24.7. The molecule has 0 radical (unpaired) electrons. The standard InChI is InChI=1S/C25H48O4Si/c1-5-8-20(11-23-14-27-23)17-30(26-4,18-21(9-6-2)12-24-15-28-24)19-22(10-7-3)13-25-16-29-25/h20-25H,5-19H2,1-4H3. The number of rotatable bonds is 19. The zero-order chi connectivity index (χ0) is 21.4. The Labute approximate surface area is 186 Å². The monoisotopic (exact) mass is 440 g/mol. The van der Waals surface area contributed by atoms with Crippen molar-refractivity contribution in [2.75, 3.05) is 26.9 Å². The van der Waals surface area contributed by atoms with E-state index in [-0.39, 0.29) is 0 Å². The van der Waals surface area contributed by atoms with E-state index in [0.717, 1.165) is 37.6 Å². The van der Waals surface area contributed by atoms with Crippen molar-refractivity contribution in [2.24, 2.45) is 17.8 Å². The Hall–Kier alpha value is 0.0569. The molecule has 176 valence electrons. The van der Waals surface area contributed by atoms with Gasteiger partial charge >= 0.3 is 0 Å². The molecule has 0 aliphatic carbocycles. The van der Waals surface area contributed by atoms with Crippen molar-refractivity contribution in [1.82, 2.24) is 0 Å². The zero-order valence-electron chi connectivity index (χ0n) is 20.2. The molecule has 0 aromatic rings. The average Bonchev–Trinajstić information content (AvgIpc) is 3.53. The van der Waals surface area contributed by atoms with Gasteiger partial charge in [-0.1, -0.05) is 59.3 Å². The van der Waals surface area contributed by atoms with Gasteiger partial charge in [-0.15, -0.1) is 0 Å². The van der Waals surface area contributed by atoms with E-state index in [2.05, 4.69) is 27.9 Å². The number of hydrogen-bond acceptors (Lipinski definition) is 4. The molecule has 5 heteroatoms. The van der Waals surface area contributed by atoms with E-state index in [1.165, 1.54) is 75.9 Å². The van der Waals surface area contributed by atoms with Gasteiger partial charge in [-0.2, -0.15) is 0 Å². The second-order valence-corrected chi connectivity index (χ2v) is 14.5. The van der Waals surface area contributed by atoms with E-state index in [1.54, 1.807) is 0 Å². The molecule has 3 rings (SSSR count). The Bertz CT molecular complexity index is 411. The van der Waals surface area contributed by atoms with E-state index < -0.39 is 8.32 Å². The van der Waals surface area contributed by atoms with Crippen molar-refractivity contribution in [2.45, 2.75) is 115 Å². The predicted octanol–water partition coefficient (Wildman–Crippen LogP) is 6.19. The van der Waals surface area contributed by atoms with Crippen LogP contribution in [0.2, 0.25) is 18.1 Å². The molecule has 3 aliphatic heterocycles. The van der Waals surface area contributed by atoms with Gasteiger partial charge in [0, 0.05) is 7.11 Å². The van der Waals surface area contributed by atoms with Crippen LogP contribution in [-0.4, -0.2) is 53.6 Å². The minimum absolute atomic E-state index is 0.530. The fourth-order valence-corrected chi connectivity index (χ4v) is 11.2. The molecule has 0 aromatic heterocycles. The highest BCUT2D eigenvalue weighted by molar-refractivity contribution is 6.74. The lowest BCUT2D eigenvalue weighted by molar-refractivity contribution is 0.300. The summed E-state index contributed by atoms with van der Waals surface area (Å²) in [6.45, 7) is 9.96. The van der Waals surface area contributed by atoms with Crippen molar-refractivity contribution < 1.29 is 18.6 Å². The normalized spacial score (nSPS) is 29.8. The highest BCUT2D eigenvalue weighted by atomic mass is 28.4. The molecular formula is C25H48O4Si. The second-order valence-electron chi connectivity index (χ2n) is 10.5. The minimum Gasteiger partial charge on any atom is -0.420 e. The summed E-state index contributed by atoms with van der Waals surface area (Å²) in [5, 5.41) is 0. The van der Waals surface area contributed by atoms with Crippen LogP contribution in [-0.2, 0) is 18.6 Å². The summed E-state index contributed by atoms with van der Waals surface area (Å²) in [6.07, 6.45) is 13.1. The first-order chi connectivity index (χ1) is 14.6. The lowest BCUT2D eigenvalue weighted by Gasteiger charge is -2.38. The topological polar surface area (TPSA) is 46.8 Å². The number of hydrogen-bond donors (Lipinski definition) is 0. The van der Waals surface area contributed by atoms with E-state index in [9.17, 15) is 0 Å². The van der Waals surface area contributed by atoms with E-state index >= 15 is 0 Å². The van der Waals surface area contributed by atoms with Crippen LogP contribution >= 0.6 is 0 Å². The van der Waals surface area contributed by atoms with Gasteiger partial charge in [0.15, 0.2) is 8.32 Å². The molecule has 6 unspecified atom stereocenters. The maximum atomic E-state index is 6.69. The average molecular weight is 441 g/mol. The van der Waals surface area contributed by atoms with Crippen molar-refractivity contribution in [3.05, 3.63) is 0 Å². The van der Waals surface area contributed by atoms with Gasteiger partial charge in [-0.25, -0.2) is 0 Å². The summed E-state index contributed by atoms with van der Waals surface area (Å²) >= 11 is 0. The fraction of sp³-hybridized carbons (Fsp3) is 1.00. The van der Waals surface area contributed by atoms with Crippen LogP contribution in [0.1, 0.15) is 78.6 Å². The first-order valence-electron chi connectivity index (χ1n) is 13.0. The molecule has 3 saturated heterocycles. The van der Waals surface area contributed by atoms with E-state index in [4.69, 9.17) is 18.6 Å². The van der Waals surface area contributed by atoms with E-state index in [0.29, 0.717) is 18.3 Å². The number of epoxide rings is 3. The fourth-order valence-electron chi connectivity index (χ4n) is 5.94. The Kier molecular flexibility index (Phi) is 10.2. The smallest absolute Gasteiger partial charge is 0.193 e. The van der Waals surface area contributed by atoms with Crippen LogP contribution in [0.4, 0.5) is 0 Å². The van der Waals surface area contributed by atoms with Crippen LogP contribution in [0, 0.1) is 17.8 Å². The molecule has 0 N–H and O–H groups in total. The lowest BCUT2D eigenvalue weighted by Crippen LogP contribution is -2.43. The third kappa shape index (κ3) is 8.89. The van der Waals surface area contributed by atoms with Gasteiger partial charge in [0.05, 0.1) is 38.1 Å². The number of ether oxygens (including phenoxy) is 3. The van der Waals surface area contributed by atoms with Crippen LogP contribution < -0.4 is 0 Å². The van der Waals surface area contributed by atoms with Crippen LogP contribution in [0.3, 0.4) is 0 Å². The zero-order valence-corrected chi connectivity index (χ0v) is 21.2. The van der Waals surface area contributed by atoms with Gasteiger partial charge in [-0.3, -0.25) is 0 Å². The Morgan fingerprint density at radius 2 is 0.967 bits per heavy atom. The summed E-state index contributed by atoms with van der Waals surface area (Å²) in [6, 6.07) is 3.98. The second kappa shape index (κ2) is 12.3. The highest BCUT2D eigenvalue weighted by Gasteiger charge is 2.43.